The van der Waals surface area contributed by atoms with Crippen molar-refractivity contribution < 1.29 is 75.4 Å². The molecule has 26 heteroatoms. The molecule has 0 aliphatic carbocycles. The Morgan fingerprint density at radius 1 is 0.338 bits per heavy atom. The van der Waals surface area contributed by atoms with Crippen molar-refractivity contribution in [2.24, 2.45) is 0 Å². The fourth-order valence-corrected chi connectivity index (χ4v) is 5.26. The van der Waals surface area contributed by atoms with E-state index in [0.717, 1.165) is 22.8 Å². The van der Waals surface area contributed by atoms with E-state index in [0.29, 0.717) is 11.4 Å². The quantitative estimate of drug-likeness (QED) is 0.0979. The average molecular weight is 1480 g/mol. The van der Waals surface area contributed by atoms with Crippen molar-refractivity contribution in [3.8, 4) is 22.8 Å². The van der Waals surface area contributed by atoms with Crippen LogP contribution >= 0.6 is 92.8 Å². The van der Waals surface area contributed by atoms with Crippen LogP contribution in [0.2, 0.25) is 0 Å². The number of aromatic nitrogens is 4. The van der Waals surface area contributed by atoms with Crippen LogP contribution in [0.1, 0.15) is 116 Å². The number of aryl methyl sites for hydroxylation is 2. The predicted octanol–water partition coefficient (Wildman–Crippen LogP) is 23.1. The minimum absolute atomic E-state index is 0. The van der Waals surface area contributed by atoms with Gasteiger partial charge in [-0.2, -0.15) is 0 Å². The zero-order valence-electron chi connectivity index (χ0n) is 47.0. The summed E-state index contributed by atoms with van der Waals surface area (Å²) in [6.07, 6.45) is 7.51. The molecule has 4 heterocycles. The van der Waals surface area contributed by atoms with E-state index < -0.39 is 14.5 Å². The Labute approximate surface area is 538 Å². The van der Waals surface area contributed by atoms with Gasteiger partial charge in [0.2, 0.25) is 0 Å². The molecule has 0 saturated heterocycles. The van der Waals surface area contributed by atoms with Gasteiger partial charge in [-0.1, -0.05) is 143 Å². The van der Waals surface area contributed by atoms with E-state index in [9.17, 15) is 34.5 Å². The minimum atomic E-state index is -6.00. The van der Waals surface area contributed by atoms with E-state index in [2.05, 4.69) is 152 Å². The SMILES string of the molecule is CC(C)(C)c1ccnc(-c2cc(C(C)(C)C)ccn2)c1.CC(C)(C)c1ccnc(-c2cc(C(C)(C)C)ccn2)c1.Cc1ccc([NH-])cc1.Cc1ccc([NH-])cc1.ClCCl.ClCCl.ClCCl.ClCCl.F[B-](F)(F)F.F[B-](F)(F)F.[Pd+2].[Pd+2]. The van der Waals surface area contributed by atoms with Crippen molar-refractivity contribution in [3.63, 3.8) is 0 Å². The smallest absolute Gasteiger partial charge is 0.699 e. The first kappa shape index (κ1) is 89.1. The summed E-state index contributed by atoms with van der Waals surface area (Å²) in [4.78, 5) is 17.9. The summed E-state index contributed by atoms with van der Waals surface area (Å²) in [5.74, 6) is 0. The largest absolute Gasteiger partial charge is 2.00 e. The molecule has 0 radical (unpaired) electrons. The molecule has 0 saturated carbocycles. The van der Waals surface area contributed by atoms with Gasteiger partial charge in [-0.25, -0.2) is 0 Å². The molecule has 6 rings (SSSR count). The summed E-state index contributed by atoms with van der Waals surface area (Å²) >= 11 is 38.1. The first-order valence-corrected chi connectivity index (χ1v) is 27.5. The number of pyridine rings is 4. The van der Waals surface area contributed by atoms with E-state index in [1.165, 1.54) is 33.4 Å². The summed E-state index contributed by atoms with van der Waals surface area (Å²) < 4.78 is 78.0. The molecule has 0 aliphatic heterocycles. The molecule has 2 aromatic carbocycles. The normalized spacial score (nSPS) is 10.5. The van der Waals surface area contributed by atoms with Crippen molar-refractivity contribution in [3.05, 3.63) is 167 Å². The fourth-order valence-electron chi connectivity index (χ4n) is 5.26. The van der Waals surface area contributed by atoms with Gasteiger partial charge in [0, 0.05) is 24.8 Å². The third-order valence-corrected chi connectivity index (χ3v) is 9.13. The number of nitrogens with zero attached hydrogens (tertiary/aromatic N) is 4. The van der Waals surface area contributed by atoms with Crippen LogP contribution in [0.3, 0.4) is 0 Å². The fraction of sp³-hybridized carbons (Fsp3) is 0.407. The van der Waals surface area contributed by atoms with Crippen molar-refractivity contribution >= 4 is 119 Å². The molecule has 6 aromatic rings. The van der Waals surface area contributed by atoms with E-state index in [1.807, 2.05) is 62.9 Å². The van der Waals surface area contributed by atoms with Crippen molar-refractivity contribution in [2.75, 3.05) is 21.4 Å². The Morgan fingerprint density at radius 3 is 0.588 bits per heavy atom. The maximum Gasteiger partial charge on any atom is 2.00 e. The number of hydrogen-bond donors (Lipinski definition) is 0. The summed E-state index contributed by atoms with van der Waals surface area (Å²) in [5, 5.41) is 0.778. The second-order valence-electron chi connectivity index (χ2n) is 19.8. The number of benzene rings is 2. The van der Waals surface area contributed by atoms with Crippen molar-refractivity contribution in [1.82, 2.24) is 19.9 Å². The van der Waals surface area contributed by atoms with Gasteiger partial charge in [0.25, 0.3) is 0 Å². The molecule has 2 N–H and O–H groups in total. The number of nitrogens with one attached hydrogen (secondary N) is 2. The van der Waals surface area contributed by atoms with Gasteiger partial charge >= 0.3 is 55.4 Å². The number of alkyl halides is 8. The van der Waals surface area contributed by atoms with E-state index >= 15 is 0 Å². The van der Waals surface area contributed by atoms with Crippen molar-refractivity contribution in [1.29, 1.82) is 0 Å². The second-order valence-corrected chi connectivity index (χ2v) is 23.1. The molecule has 0 atom stereocenters. The van der Waals surface area contributed by atoms with Crippen LogP contribution in [0.5, 0.6) is 0 Å². The Kier molecular flexibility index (Phi) is 51.4. The summed E-state index contributed by atoms with van der Waals surface area (Å²) in [6.45, 7) is 30.6. The molecule has 0 bridgehead atoms. The van der Waals surface area contributed by atoms with E-state index in [1.54, 1.807) is 24.3 Å². The molecule has 0 spiro atoms. The Hall–Kier alpha value is -2.15. The predicted molar refractivity (Wildman–Crippen MR) is 327 cm³/mol. The standard InChI is InChI=1S/2C18H24N2.2C7H8N.4CH2Cl2.2BF4.2Pd/c2*1-17(2,3)13-7-9-19-15(11-13)16-12-14(8-10-20-16)18(4,5)6;2*1-6-2-4-7(8)5-3-6;4*2-1-3;2*2-1(3,4)5;;/h2*7-12H,1-6H3;2*2-5,8H,1H3;4*1H2;;;;/q;;2*-1;;;;;2*-1;2*+2. The molecule has 6 nitrogen and oxygen atoms in total. The molecule has 456 valence electrons. The second kappa shape index (κ2) is 46.2. The first-order valence-electron chi connectivity index (χ1n) is 23.3. The summed E-state index contributed by atoms with van der Waals surface area (Å²) in [7, 11) is -12.0. The third kappa shape index (κ3) is 52.6. The van der Waals surface area contributed by atoms with Gasteiger partial charge in [0.1, 0.15) is 0 Å². The average Bonchev–Trinajstić information content (AvgIpc) is 3.31. The Bertz CT molecular complexity index is 2130. The maximum absolute atomic E-state index is 9.75. The molecule has 0 amide bonds. The Morgan fingerprint density at radius 2 is 0.475 bits per heavy atom. The van der Waals surface area contributed by atoms with Gasteiger partial charge in [0.15, 0.2) is 0 Å². The molecular formula is C54H72B2Cl8F8N6Pd2. The van der Waals surface area contributed by atoms with Gasteiger partial charge in [-0.15, -0.1) is 104 Å². The van der Waals surface area contributed by atoms with E-state index in [-0.39, 0.29) is 83.9 Å². The van der Waals surface area contributed by atoms with Crippen LogP contribution in [0.4, 0.5) is 45.9 Å². The minimum Gasteiger partial charge on any atom is -0.699 e. The summed E-state index contributed by atoms with van der Waals surface area (Å²) in [5.41, 5.74) is 27.2. The van der Waals surface area contributed by atoms with Gasteiger partial charge in [-0.05, 0) is 106 Å². The zero-order chi connectivity index (χ0) is 61.7. The topological polar surface area (TPSA) is 99.2 Å². The monoisotopic (exact) mass is 1470 g/mol. The molecule has 4 aromatic heterocycles. The number of hydrogen-bond acceptors (Lipinski definition) is 4. The summed E-state index contributed by atoms with van der Waals surface area (Å²) in [6, 6.07) is 31.8. The van der Waals surface area contributed by atoms with Crippen LogP contribution in [-0.2, 0) is 62.5 Å². The molecular weight excluding hydrogens is 1400 g/mol. The van der Waals surface area contributed by atoms with Crippen LogP contribution < -0.4 is 0 Å². The number of halogens is 16. The van der Waals surface area contributed by atoms with E-state index in [4.69, 9.17) is 104 Å². The van der Waals surface area contributed by atoms with Gasteiger partial charge < -0.3 is 46.0 Å². The molecule has 80 heavy (non-hydrogen) atoms. The molecule has 0 aliphatic rings. The van der Waals surface area contributed by atoms with Crippen molar-refractivity contribution in [2.45, 2.75) is 119 Å². The number of rotatable bonds is 2. The zero-order valence-corrected chi connectivity index (χ0v) is 56.2. The Balaban J connectivity index is -0.000000210. The molecule has 0 fully saturated rings. The maximum atomic E-state index is 9.75. The van der Waals surface area contributed by atoms with Crippen LogP contribution in [0.25, 0.3) is 34.2 Å². The van der Waals surface area contributed by atoms with Crippen LogP contribution in [-0.4, -0.2) is 55.8 Å². The third-order valence-electron chi connectivity index (χ3n) is 9.13. The van der Waals surface area contributed by atoms with Crippen LogP contribution in [0.15, 0.2) is 122 Å². The first-order chi connectivity index (χ1) is 35.6. The molecule has 0 unspecified atom stereocenters. The van der Waals surface area contributed by atoms with Gasteiger partial charge in [0.05, 0.1) is 44.1 Å². The van der Waals surface area contributed by atoms with Crippen LogP contribution in [0, 0.1) is 13.8 Å². The van der Waals surface area contributed by atoms with Gasteiger partial charge in [-0.3, -0.25) is 19.9 Å².